The first-order chi connectivity index (χ1) is 10.5. The van der Waals surface area contributed by atoms with Crippen LogP contribution in [0.25, 0.3) is 11.1 Å². The lowest BCUT2D eigenvalue weighted by Gasteiger charge is -2.14. The number of Topliss-reactive ketones (excluding diaryl/α,β-unsaturated/α-hetero) is 1. The summed E-state index contributed by atoms with van der Waals surface area (Å²) in [6.07, 6.45) is -9.79. The molecular weight excluding hydrogens is 322 g/mol. The third-order valence-electron chi connectivity index (χ3n) is 3.21. The van der Waals surface area contributed by atoms with Gasteiger partial charge in [0, 0.05) is 5.56 Å². The van der Waals surface area contributed by atoms with Crippen LogP contribution in [-0.4, -0.2) is 5.78 Å². The SMILES string of the molecule is CC(=O)c1ccc(-c2cc(C(F)(F)F)cc(C(F)(F)F)c2)cc1. The number of alkyl halides is 6. The lowest BCUT2D eigenvalue weighted by Crippen LogP contribution is -2.11. The number of carbonyl (C=O) groups excluding carboxylic acids is 1. The molecule has 2 rings (SSSR count). The van der Waals surface area contributed by atoms with E-state index in [1.54, 1.807) is 0 Å². The highest BCUT2D eigenvalue weighted by atomic mass is 19.4. The van der Waals surface area contributed by atoms with Crippen molar-refractivity contribution in [2.24, 2.45) is 0 Å². The van der Waals surface area contributed by atoms with E-state index in [1.807, 2.05) is 0 Å². The van der Waals surface area contributed by atoms with Crippen LogP contribution in [0.1, 0.15) is 28.4 Å². The van der Waals surface area contributed by atoms with Crippen LogP contribution in [0.5, 0.6) is 0 Å². The van der Waals surface area contributed by atoms with Crippen LogP contribution >= 0.6 is 0 Å². The third kappa shape index (κ3) is 3.91. The highest BCUT2D eigenvalue weighted by Crippen LogP contribution is 2.38. The van der Waals surface area contributed by atoms with Crippen molar-refractivity contribution in [2.45, 2.75) is 19.3 Å². The average Bonchev–Trinajstić information content (AvgIpc) is 2.45. The second-order valence-corrected chi connectivity index (χ2v) is 4.93. The Morgan fingerprint density at radius 3 is 1.52 bits per heavy atom. The second kappa shape index (κ2) is 5.72. The van der Waals surface area contributed by atoms with Crippen LogP contribution in [0.15, 0.2) is 42.5 Å². The van der Waals surface area contributed by atoms with Gasteiger partial charge in [-0.05, 0) is 36.2 Å². The van der Waals surface area contributed by atoms with Crippen LogP contribution in [0.4, 0.5) is 26.3 Å². The molecule has 2 aromatic carbocycles. The maximum atomic E-state index is 12.8. The number of rotatable bonds is 2. The molecule has 0 aliphatic carbocycles. The van der Waals surface area contributed by atoms with Crippen molar-refractivity contribution in [2.75, 3.05) is 0 Å². The molecule has 0 aromatic heterocycles. The van der Waals surface area contributed by atoms with Crippen LogP contribution in [0.2, 0.25) is 0 Å². The summed E-state index contributed by atoms with van der Waals surface area (Å²) in [5.74, 6) is -0.253. The molecule has 0 aliphatic rings. The third-order valence-corrected chi connectivity index (χ3v) is 3.21. The van der Waals surface area contributed by atoms with Gasteiger partial charge in [0.25, 0.3) is 0 Å². The summed E-state index contributed by atoms with van der Waals surface area (Å²) in [5, 5.41) is 0. The number of hydrogen-bond donors (Lipinski definition) is 0. The fraction of sp³-hybridized carbons (Fsp3) is 0.188. The normalized spacial score (nSPS) is 12.3. The molecule has 0 unspecified atom stereocenters. The van der Waals surface area contributed by atoms with Gasteiger partial charge in [-0.1, -0.05) is 24.3 Å². The molecule has 2 aromatic rings. The Balaban J connectivity index is 2.59. The second-order valence-electron chi connectivity index (χ2n) is 4.93. The van der Waals surface area contributed by atoms with E-state index >= 15 is 0 Å². The fourth-order valence-electron chi connectivity index (χ4n) is 2.02. The predicted octanol–water partition coefficient (Wildman–Crippen LogP) is 5.59. The van der Waals surface area contributed by atoms with Crippen molar-refractivity contribution in [3.8, 4) is 11.1 Å². The molecular formula is C16H10F6O. The van der Waals surface area contributed by atoms with E-state index in [2.05, 4.69) is 0 Å². The Morgan fingerprint density at radius 1 is 0.739 bits per heavy atom. The van der Waals surface area contributed by atoms with E-state index in [-0.39, 0.29) is 23.0 Å². The van der Waals surface area contributed by atoms with E-state index in [1.165, 1.54) is 31.2 Å². The van der Waals surface area contributed by atoms with Crippen molar-refractivity contribution in [3.63, 3.8) is 0 Å². The Morgan fingerprint density at radius 2 is 1.17 bits per heavy atom. The van der Waals surface area contributed by atoms with Gasteiger partial charge < -0.3 is 0 Å². The van der Waals surface area contributed by atoms with Gasteiger partial charge >= 0.3 is 12.4 Å². The summed E-state index contributed by atoms with van der Waals surface area (Å²) < 4.78 is 76.9. The van der Waals surface area contributed by atoms with Gasteiger partial charge in [0.1, 0.15) is 0 Å². The van der Waals surface area contributed by atoms with Gasteiger partial charge in [-0.25, -0.2) is 0 Å². The van der Waals surface area contributed by atoms with E-state index in [0.29, 0.717) is 17.7 Å². The summed E-state index contributed by atoms with van der Waals surface area (Å²) in [6, 6.07) is 6.71. The molecule has 0 radical (unpaired) electrons. The highest BCUT2D eigenvalue weighted by molar-refractivity contribution is 5.94. The zero-order valence-electron chi connectivity index (χ0n) is 11.7. The largest absolute Gasteiger partial charge is 0.416 e. The summed E-state index contributed by atoms with van der Waals surface area (Å²) in [4.78, 5) is 11.2. The van der Waals surface area contributed by atoms with Gasteiger partial charge in [-0.2, -0.15) is 26.3 Å². The minimum Gasteiger partial charge on any atom is -0.295 e. The first kappa shape index (κ1) is 17.1. The van der Waals surface area contributed by atoms with E-state index < -0.39 is 23.5 Å². The highest BCUT2D eigenvalue weighted by Gasteiger charge is 2.36. The van der Waals surface area contributed by atoms with Gasteiger partial charge in [0.15, 0.2) is 5.78 Å². The molecule has 0 heterocycles. The summed E-state index contributed by atoms with van der Waals surface area (Å²) in [6.45, 7) is 1.31. The van der Waals surface area contributed by atoms with Gasteiger partial charge in [0.2, 0.25) is 0 Å². The number of ketones is 1. The molecule has 7 heteroatoms. The zero-order chi connectivity index (χ0) is 17.4. The molecule has 0 amide bonds. The molecule has 0 aliphatic heterocycles. The number of halogens is 6. The number of hydrogen-bond acceptors (Lipinski definition) is 1. The van der Waals surface area contributed by atoms with Gasteiger partial charge in [-0.15, -0.1) is 0 Å². The molecule has 0 fully saturated rings. The first-order valence-electron chi connectivity index (χ1n) is 6.39. The Labute approximate surface area is 127 Å². The molecule has 0 N–H and O–H groups in total. The van der Waals surface area contributed by atoms with E-state index in [0.717, 1.165) is 0 Å². The van der Waals surface area contributed by atoms with Crippen molar-refractivity contribution in [1.29, 1.82) is 0 Å². The Hall–Kier alpha value is -2.31. The van der Waals surface area contributed by atoms with Crippen LogP contribution in [0.3, 0.4) is 0 Å². The van der Waals surface area contributed by atoms with E-state index in [9.17, 15) is 31.1 Å². The predicted molar refractivity (Wildman–Crippen MR) is 71.9 cm³/mol. The Bertz CT molecular complexity index is 693. The number of carbonyl (C=O) groups is 1. The molecule has 0 saturated carbocycles. The lowest BCUT2D eigenvalue weighted by molar-refractivity contribution is -0.143. The van der Waals surface area contributed by atoms with Crippen molar-refractivity contribution in [1.82, 2.24) is 0 Å². The smallest absolute Gasteiger partial charge is 0.295 e. The molecule has 23 heavy (non-hydrogen) atoms. The summed E-state index contributed by atoms with van der Waals surface area (Å²) in [5.41, 5.74) is -2.50. The molecule has 0 atom stereocenters. The first-order valence-corrected chi connectivity index (χ1v) is 6.39. The van der Waals surface area contributed by atoms with Crippen molar-refractivity contribution in [3.05, 3.63) is 59.2 Å². The minimum atomic E-state index is -4.89. The maximum absolute atomic E-state index is 12.8. The van der Waals surface area contributed by atoms with E-state index in [4.69, 9.17) is 0 Å². The topological polar surface area (TPSA) is 17.1 Å². The van der Waals surface area contributed by atoms with Crippen molar-refractivity contribution < 1.29 is 31.1 Å². The molecule has 0 bridgehead atoms. The quantitative estimate of drug-likeness (QED) is 0.517. The Kier molecular flexibility index (Phi) is 4.24. The fourth-order valence-corrected chi connectivity index (χ4v) is 2.02. The molecule has 0 saturated heterocycles. The van der Waals surface area contributed by atoms with Gasteiger partial charge in [0.05, 0.1) is 11.1 Å². The summed E-state index contributed by atoms with van der Waals surface area (Å²) in [7, 11) is 0. The molecule has 1 nitrogen and oxygen atoms in total. The molecule has 0 spiro atoms. The van der Waals surface area contributed by atoms with Crippen LogP contribution < -0.4 is 0 Å². The van der Waals surface area contributed by atoms with Gasteiger partial charge in [-0.3, -0.25) is 4.79 Å². The standard InChI is InChI=1S/C16H10F6O/c1-9(23)10-2-4-11(5-3-10)12-6-13(15(17,18)19)8-14(7-12)16(20,21)22/h2-8H,1H3. The average molecular weight is 332 g/mol. The monoisotopic (exact) mass is 332 g/mol. The van der Waals surface area contributed by atoms with Crippen LogP contribution in [-0.2, 0) is 12.4 Å². The maximum Gasteiger partial charge on any atom is 0.416 e. The number of benzene rings is 2. The summed E-state index contributed by atoms with van der Waals surface area (Å²) >= 11 is 0. The van der Waals surface area contributed by atoms with Crippen molar-refractivity contribution >= 4 is 5.78 Å². The zero-order valence-corrected chi connectivity index (χ0v) is 11.7. The molecule has 122 valence electrons. The van der Waals surface area contributed by atoms with Crippen LogP contribution in [0, 0.1) is 0 Å². The minimum absolute atomic E-state index is 0.0768. The lowest BCUT2D eigenvalue weighted by atomic mass is 9.98.